The molecule has 0 fully saturated rings. The molecule has 21 heavy (non-hydrogen) atoms. The van der Waals surface area contributed by atoms with Gasteiger partial charge in [-0.3, -0.25) is 4.79 Å². The van der Waals surface area contributed by atoms with Gasteiger partial charge in [0.1, 0.15) is 5.01 Å². The summed E-state index contributed by atoms with van der Waals surface area (Å²) < 4.78 is 0. The van der Waals surface area contributed by atoms with Crippen molar-refractivity contribution in [1.82, 2.24) is 10.3 Å². The van der Waals surface area contributed by atoms with E-state index < -0.39 is 0 Å². The molecule has 0 atom stereocenters. The third kappa shape index (κ3) is 4.55. The molecule has 1 aromatic heterocycles. The zero-order valence-corrected chi connectivity index (χ0v) is 14.0. The van der Waals surface area contributed by atoms with Crippen LogP contribution in [0.4, 0.5) is 0 Å². The molecule has 2 aromatic rings. The van der Waals surface area contributed by atoms with Gasteiger partial charge in [-0.25, -0.2) is 4.98 Å². The Morgan fingerprint density at radius 3 is 2.57 bits per heavy atom. The summed E-state index contributed by atoms with van der Waals surface area (Å²) in [5.41, 5.74) is 1.71. The second kappa shape index (κ2) is 6.58. The lowest BCUT2D eigenvalue weighted by molar-refractivity contribution is -0.128. The minimum absolute atomic E-state index is 0.0654. The number of hydrogen-bond donors (Lipinski definition) is 1. The standard InChI is InChI=1S/C16H19ClN2OS/c1-16(2,3)15(20)18-9-8-13-10-21-14(19-13)11-4-6-12(17)7-5-11/h4-7,10H,8-9H2,1-3H3,(H,18,20). The summed E-state index contributed by atoms with van der Waals surface area (Å²) in [5, 5.41) is 6.67. The van der Waals surface area contributed by atoms with Crippen LogP contribution in [0.2, 0.25) is 5.02 Å². The Kier molecular flexibility index (Phi) is 5.01. The summed E-state index contributed by atoms with van der Waals surface area (Å²) in [6, 6.07) is 7.65. The lowest BCUT2D eigenvalue weighted by Gasteiger charge is -2.17. The first kappa shape index (κ1) is 16.0. The summed E-state index contributed by atoms with van der Waals surface area (Å²) >= 11 is 7.49. The Morgan fingerprint density at radius 1 is 1.29 bits per heavy atom. The number of thiazole rings is 1. The smallest absolute Gasteiger partial charge is 0.225 e. The summed E-state index contributed by atoms with van der Waals surface area (Å²) in [4.78, 5) is 16.4. The van der Waals surface area contributed by atoms with Gasteiger partial charge in [0.05, 0.1) is 5.69 Å². The fourth-order valence-corrected chi connectivity index (χ4v) is 2.70. The van der Waals surface area contributed by atoms with Crippen LogP contribution in [0.3, 0.4) is 0 Å². The van der Waals surface area contributed by atoms with Crippen molar-refractivity contribution in [2.75, 3.05) is 6.54 Å². The van der Waals surface area contributed by atoms with Gasteiger partial charge in [0.25, 0.3) is 0 Å². The average molecular weight is 323 g/mol. The molecule has 0 aliphatic rings. The summed E-state index contributed by atoms with van der Waals surface area (Å²) in [7, 11) is 0. The number of nitrogens with one attached hydrogen (secondary N) is 1. The van der Waals surface area contributed by atoms with E-state index in [-0.39, 0.29) is 11.3 Å². The van der Waals surface area contributed by atoms with Gasteiger partial charge in [-0.15, -0.1) is 11.3 Å². The van der Waals surface area contributed by atoms with E-state index in [9.17, 15) is 4.79 Å². The monoisotopic (exact) mass is 322 g/mol. The van der Waals surface area contributed by atoms with Crippen LogP contribution in [0.5, 0.6) is 0 Å². The van der Waals surface area contributed by atoms with Crippen LogP contribution >= 0.6 is 22.9 Å². The first-order valence-corrected chi connectivity index (χ1v) is 8.10. The third-order valence-corrected chi connectivity index (χ3v) is 4.18. The molecular formula is C16H19ClN2OS. The number of carbonyl (C=O) groups excluding carboxylic acids is 1. The Labute approximate surface area is 134 Å². The van der Waals surface area contributed by atoms with Gasteiger partial charge in [0, 0.05) is 34.3 Å². The highest BCUT2D eigenvalue weighted by atomic mass is 35.5. The molecular weight excluding hydrogens is 304 g/mol. The van der Waals surface area contributed by atoms with Gasteiger partial charge >= 0.3 is 0 Å². The highest BCUT2D eigenvalue weighted by Crippen LogP contribution is 2.25. The molecule has 0 saturated carbocycles. The van der Waals surface area contributed by atoms with Crippen molar-refractivity contribution in [3.63, 3.8) is 0 Å². The van der Waals surface area contributed by atoms with Crippen molar-refractivity contribution >= 4 is 28.8 Å². The zero-order valence-electron chi connectivity index (χ0n) is 12.4. The van der Waals surface area contributed by atoms with Gasteiger partial charge in [-0.2, -0.15) is 0 Å². The van der Waals surface area contributed by atoms with Crippen LogP contribution < -0.4 is 5.32 Å². The molecule has 0 radical (unpaired) electrons. The number of hydrogen-bond acceptors (Lipinski definition) is 3. The molecule has 1 aromatic carbocycles. The van der Waals surface area contributed by atoms with Gasteiger partial charge in [0.2, 0.25) is 5.91 Å². The van der Waals surface area contributed by atoms with Crippen LogP contribution in [0.1, 0.15) is 26.5 Å². The highest BCUT2D eigenvalue weighted by Gasteiger charge is 2.20. The largest absolute Gasteiger partial charge is 0.355 e. The van der Waals surface area contributed by atoms with Crippen LogP contribution in [-0.4, -0.2) is 17.4 Å². The molecule has 0 aliphatic heterocycles. The minimum Gasteiger partial charge on any atom is -0.355 e. The summed E-state index contributed by atoms with van der Waals surface area (Å²) in [6.07, 6.45) is 0.742. The molecule has 1 N–H and O–H groups in total. The number of rotatable bonds is 4. The molecule has 112 valence electrons. The van der Waals surface area contributed by atoms with E-state index >= 15 is 0 Å². The van der Waals surface area contributed by atoms with E-state index in [0.29, 0.717) is 6.54 Å². The van der Waals surface area contributed by atoms with Crippen LogP contribution in [0, 0.1) is 5.41 Å². The van der Waals surface area contributed by atoms with E-state index in [4.69, 9.17) is 11.6 Å². The predicted octanol–water partition coefficient (Wildman–Crippen LogP) is 4.17. The van der Waals surface area contributed by atoms with Crippen molar-refractivity contribution in [1.29, 1.82) is 0 Å². The molecule has 1 heterocycles. The van der Waals surface area contributed by atoms with Crippen LogP contribution in [0.15, 0.2) is 29.6 Å². The van der Waals surface area contributed by atoms with Gasteiger partial charge < -0.3 is 5.32 Å². The van der Waals surface area contributed by atoms with E-state index in [1.165, 1.54) is 0 Å². The maximum absolute atomic E-state index is 11.8. The highest BCUT2D eigenvalue weighted by molar-refractivity contribution is 7.13. The number of carbonyl (C=O) groups is 1. The molecule has 5 heteroatoms. The van der Waals surface area contributed by atoms with Crippen molar-refractivity contribution in [2.45, 2.75) is 27.2 Å². The van der Waals surface area contributed by atoms with Crippen LogP contribution in [0.25, 0.3) is 10.6 Å². The third-order valence-electron chi connectivity index (χ3n) is 2.99. The van der Waals surface area contributed by atoms with E-state index in [1.54, 1.807) is 11.3 Å². The molecule has 2 rings (SSSR count). The predicted molar refractivity (Wildman–Crippen MR) is 88.7 cm³/mol. The van der Waals surface area contributed by atoms with Gasteiger partial charge in [-0.05, 0) is 12.1 Å². The number of benzene rings is 1. The minimum atomic E-state index is -0.351. The lowest BCUT2D eigenvalue weighted by Crippen LogP contribution is -2.35. The SMILES string of the molecule is CC(C)(C)C(=O)NCCc1csc(-c2ccc(Cl)cc2)n1. The summed E-state index contributed by atoms with van der Waals surface area (Å²) in [5.74, 6) is 0.0654. The molecule has 0 aliphatic carbocycles. The Balaban J connectivity index is 1.92. The van der Waals surface area contributed by atoms with Gasteiger partial charge in [0.15, 0.2) is 0 Å². The zero-order chi connectivity index (χ0) is 15.5. The van der Waals surface area contributed by atoms with Gasteiger partial charge in [-0.1, -0.05) is 44.5 Å². The number of halogens is 1. The van der Waals surface area contributed by atoms with Crippen LogP contribution in [-0.2, 0) is 11.2 Å². The average Bonchev–Trinajstić information content (AvgIpc) is 2.87. The maximum Gasteiger partial charge on any atom is 0.225 e. The van der Waals surface area contributed by atoms with Crippen molar-refractivity contribution in [3.8, 4) is 10.6 Å². The van der Waals surface area contributed by atoms with E-state index in [2.05, 4.69) is 10.3 Å². The second-order valence-corrected chi connectivity index (χ2v) is 7.20. The van der Waals surface area contributed by atoms with Crippen molar-refractivity contribution in [2.24, 2.45) is 5.41 Å². The lowest BCUT2D eigenvalue weighted by atomic mass is 9.96. The van der Waals surface area contributed by atoms with E-state index in [1.807, 2.05) is 50.4 Å². The molecule has 0 saturated heterocycles. The fraction of sp³-hybridized carbons (Fsp3) is 0.375. The molecule has 0 bridgehead atoms. The Hall–Kier alpha value is -1.39. The molecule has 3 nitrogen and oxygen atoms in total. The summed E-state index contributed by atoms with van der Waals surface area (Å²) in [6.45, 7) is 6.33. The fourth-order valence-electron chi connectivity index (χ4n) is 1.72. The number of aromatic nitrogens is 1. The molecule has 0 spiro atoms. The Morgan fingerprint density at radius 2 is 1.95 bits per heavy atom. The second-order valence-electron chi connectivity index (χ2n) is 5.91. The maximum atomic E-state index is 11.8. The number of nitrogens with zero attached hydrogens (tertiary/aromatic N) is 1. The van der Waals surface area contributed by atoms with Crippen molar-refractivity contribution < 1.29 is 4.79 Å². The topological polar surface area (TPSA) is 42.0 Å². The normalized spacial score (nSPS) is 11.4. The first-order valence-electron chi connectivity index (χ1n) is 6.85. The Bertz CT molecular complexity index is 614. The van der Waals surface area contributed by atoms with E-state index in [0.717, 1.165) is 27.7 Å². The molecule has 0 unspecified atom stereocenters. The quantitative estimate of drug-likeness (QED) is 0.918. The first-order chi connectivity index (χ1) is 9.86. The van der Waals surface area contributed by atoms with Crippen molar-refractivity contribution in [3.05, 3.63) is 40.4 Å². The number of amides is 1. The molecule has 1 amide bonds.